The Morgan fingerprint density at radius 2 is 2.29 bits per heavy atom. The largest absolute Gasteiger partial charge is 0.309 e. The van der Waals surface area contributed by atoms with E-state index in [0.717, 1.165) is 24.0 Å². The molecule has 2 nitrogen and oxygen atoms in total. The Labute approximate surface area is 89.8 Å². The number of nitrogens with zero attached hydrogens (tertiary/aromatic N) is 1. The second-order valence-electron chi connectivity index (χ2n) is 3.11. The second-order valence-corrected chi connectivity index (χ2v) is 4.19. The van der Waals surface area contributed by atoms with Gasteiger partial charge in [0.05, 0.1) is 11.4 Å². The number of nitrogens with one attached hydrogen (secondary N) is 1. The van der Waals surface area contributed by atoms with Crippen molar-refractivity contribution in [2.24, 2.45) is 0 Å². The summed E-state index contributed by atoms with van der Waals surface area (Å²) in [4.78, 5) is 4.48. The molecule has 0 aliphatic rings. The van der Waals surface area contributed by atoms with Gasteiger partial charge in [0.25, 0.3) is 0 Å². The van der Waals surface area contributed by atoms with Gasteiger partial charge >= 0.3 is 0 Å². The minimum atomic E-state index is 0.0662. The van der Waals surface area contributed by atoms with Crippen molar-refractivity contribution >= 4 is 24.2 Å². The highest BCUT2D eigenvalue weighted by Gasteiger charge is 2.11. The monoisotopic (exact) mass is 226 g/mol. The van der Waals surface area contributed by atoms with Crippen LogP contribution in [0.25, 0.3) is 0 Å². The predicted octanol–water partition coefficient (Wildman–Crippen LogP) is 2.80. The summed E-state index contributed by atoms with van der Waals surface area (Å²) in [5.41, 5.74) is 2.81. The molecule has 0 saturated carbocycles. The van der Waals surface area contributed by atoms with Crippen LogP contribution in [0.5, 0.6) is 0 Å². The van der Waals surface area contributed by atoms with Crippen molar-refractivity contribution < 1.29 is 0 Å². The molecule has 0 bridgehead atoms. The van der Waals surface area contributed by atoms with Crippen LogP contribution in [0.15, 0.2) is 18.2 Å². The van der Waals surface area contributed by atoms with E-state index in [1.54, 1.807) is 0 Å². The lowest BCUT2D eigenvalue weighted by molar-refractivity contribution is 1.03. The van der Waals surface area contributed by atoms with Crippen molar-refractivity contribution in [3.63, 3.8) is 0 Å². The first-order chi connectivity index (χ1) is 6.69. The predicted molar refractivity (Wildman–Crippen MR) is 68.1 cm³/mol. The van der Waals surface area contributed by atoms with Crippen molar-refractivity contribution in [1.82, 2.24) is 4.98 Å². The van der Waals surface area contributed by atoms with Gasteiger partial charge in [-0.2, -0.15) is 0 Å². The highest BCUT2D eigenvalue weighted by Crippen LogP contribution is 2.24. The molecule has 1 heterocycles. The number of pyridine rings is 1. The van der Waals surface area contributed by atoms with Gasteiger partial charge in [-0.05, 0) is 18.6 Å². The third-order valence-corrected chi connectivity index (χ3v) is 3.27. The maximum absolute atomic E-state index is 7.74. The van der Waals surface area contributed by atoms with E-state index in [4.69, 9.17) is 5.41 Å². The van der Waals surface area contributed by atoms with Crippen LogP contribution in [0, 0.1) is 5.41 Å². The maximum atomic E-state index is 7.74. The maximum Gasteiger partial charge on any atom is 0.0532 e. The molecule has 0 radical (unpaired) electrons. The Morgan fingerprint density at radius 3 is 2.86 bits per heavy atom. The second kappa shape index (κ2) is 5.53. The van der Waals surface area contributed by atoms with Crippen LogP contribution in [0.4, 0.5) is 0 Å². The number of hydrogen-bond donors (Lipinski definition) is 1. The molecule has 0 saturated heterocycles. The average Bonchev–Trinajstić information content (AvgIpc) is 2.27. The Kier molecular flexibility index (Phi) is 4.65. The highest BCUT2D eigenvalue weighted by molar-refractivity contribution is 7.19. The molecule has 0 aromatic carbocycles. The van der Waals surface area contributed by atoms with Crippen LogP contribution in [-0.2, 0) is 6.16 Å². The Hall–Kier alpha value is -0.320. The van der Waals surface area contributed by atoms with Gasteiger partial charge in [0.15, 0.2) is 0 Å². The summed E-state index contributed by atoms with van der Waals surface area (Å²) in [7, 11) is 5.34. The summed E-state index contributed by atoms with van der Waals surface area (Å²) >= 11 is 0. The lowest BCUT2D eigenvalue weighted by Crippen LogP contribution is -2.06. The molecule has 0 amide bonds. The molecule has 0 aliphatic heterocycles. The Bertz CT molecular complexity index is 326. The zero-order valence-electron chi connectivity index (χ0n) is 8.33. The summed E-state index contributed by atoms with van der Waals surface area (Å²) in [6, 6.07) is 5.98. The first-order valence-corrected chi connectivity index (χ1v) is 6.16. The Balaban J connectivity index is 2.89. The standard InChI is InChI=1S/C10H16N2P2/c1-2-8(11)10(14)9-5-3-4-7(6-13)12-9/h3-5,10-11H,2,6,13-14H2,1H3. The molecule has 1 rings (SSSR count). The zero-order chi connectivity index (χ0) is 10.6. The van der Waals surface area contributed by atoms with Crippen LogP contribution >= 0.6 is 18.5 Å². The molecule has 1 aromatic heterocycles. The summed E-state index contributed by atoms with van der Waals surface area (Å²) in [6.07, 6.45) is 1.64. The number of hydrogen-bond acceptors (Lipinski definition) is 2. The smallest absolute Gasteiger partial charge is 0.0532 e. The quantitative estimate of drug-likeness (QED) is 0.622. The van der Waals surface area contributed by atoms with Crippen molar-refractivity contribution in [2.75, 3.05) is 0 Å². The van der Waals surface area contributed by atoms with E-state index in [0.29, 0.717) is 5.71 Å². The minimum Gasteiger partial charge on any atom is -0.309 e. The first-order valence-electron chi connectivity index (χ1n) is 4.67. The molecule has 76 valence electrons. The number of aromatic nitrogens is 1. The van der Waals surface area contributed by atoms with Gasteiger partial charge < -0.3 is 5.41 Å². The number of rotatable bonds is 4. The fourth-order valence-electron chi connectivity index (χ4n) is 1.18. The van der Waals surface area contributed by atoms with Crippen molar-refractivity contribution in [1.29, 1.82) is 5.41 Å². The molecule has 14 heavy (non-hydrogen) atoms. The van der Waals surface area contributed by atoms with Gasteiger partial charge in [-0.25, -0.2) is 0 Å². The van der Waals surface area contributed by atoms with Crippen molar-refractivity contribution in [3.05, 3.63) is 29.6 Å². The van der Waals surface area contributed by atoms with Gasteiger partial charge in [0.1, 0.15) is 0 Å². The summed E-state index contributed by atoms with van der Waals surface area (Å²) in [6.45, 7) is 2.00. The molecule has 1 N–H and O–H groups in total. The highest BCUT2D eigenvalue weighted by atomic mass is 31.0. The SMILES string of the molecule is CCC(=N)C(P)c1cccc(CP)n1. The summed E-state index contributed by atoms with van der Waals surface area (Å²) in [5.74, 6) is 0. The van der Waals surface area contributed by atoms with E-state index >= 15 is 0 Å². The van der Waals surface area contributed by atoms with Gasteiger partial charge in [-0.3, -0.25) is 4.98 Å². The van der Waals surface area contributed by atoms with Gasteiger partial charge in [-0.1, -0.05) is 13.0 Å². The third kappa shape index (κ3) is 2.83. The van der Waals surface area contributed by atoms with Gasteiger partial charge in [-0.15, -0.1) is 18.5 Å². The lowest BCUT2D eigenvalue weighted by Gasteiger charge is -2.11. The van der Waals surface area contributed by atoms with E-state index in [-0.39, 0.29) is 5.66 Å². The van der Waals surface area contributed by atoms with E-state index in [9.17, 15) is 0 Å². The minimum absolute atomic E-state index is 0.0662. The van der Waals surface area contributed by atoms with Crippen LogP contribution in [-0.4, -0.2) is 10.7 Å². The molecule has 3 unspecified atom stereocenters. The fraction of sp³-hybridized carbons (Fsp3) is 0.400. The van der Waals surface area contributed by atoms with E-state index in [1.165, 1.54) is 0 Å². The normalized spacial score (nSPS) is 12.5. The van der Waals surface area contributed by atoms with Crippen LogP contribution in [0.2, 0.25) is 0 Å². The molecule has 4 heteroatoms. The fourth-order valence-corrected chi connectivity index (χ4v) is 1.83. The van der Waals surface area contributed by atoms with Gasteiger partial charge in [0, 0.05) is 17.6 Å². The van der Waals surface area contributed by atoms with E-state index in [2.05, 4.69) is 23.5 Å². The van der Waals surface area contributed by atoms with Crippen molar-refractivity contribution in [2.45, 2.75) is 25.2 Å². The van der Waals surface area contributed by atoms with Crippen LogP contribution in [0.1, 0.15) is 30.4 Å². The molecular weight excluding hydrogens is 210 g/mol. The van der Waals surface area contributed by atoms with E-state index < -0.39 is 0 Å². The molecule has 0 spiro atoms. The molecule has 0 aliphatic carbocycles. The summed E-state index contributed by atoms with van der Waals surface area (Å²) in [5, 5.41) is 7.74. The topological polar surface area (TPSA) is 36.7 Å². The zero-order valence-corrected chi connectivity index (χ0v) is 10.6. The molecular formula is C10H16N2P2. The van der Waals surface area contributed by atoms with Crippen LogP contribution < -0.4 is 0 Å². The summed E-state index contributed by atoms with van der Waals surface area (Å²) < 4.78 is 0. The van der Waals surface area contributed by atoms with Gasteiger partial charge in [0.2, 0.25) is 0 Å². The van der Waals surface area contributed by atoms with E-state index in [1.807, 2.05) is 25.1 Å². The molecule has 0 fully saturated rings. The first kappa shape index (κ1) is 11.8. The Morgan fingerprint density at radius 1 is 1.57 bits per heavy atom. The molecule has 3 atom stereocenters. The van der Waals surface area contributed by atoms with Crippen LogP contribution in [0.3, 0.4) is 0 Å². The molecule has 1 aromatic rings. The van der Waals surface area contributed by atoms with Crippen molar-refractivity contribution in [3.8, 4) is 0 Å². The lowest BCUT2D eigenvalue weighted by atomic mass is 10.1. The average molecular weight is 226 g/mol. The third-order valence-electron chi connectivity index (χ3n) is 2.11.